The number of anilines is 1. The molecule has 2 N–H and O–H groups in total. The van der Waals surface area contributed by atoms with E-state index in [9.17, 15) is 13.2 Å². The number of carbonyl (C=O) groups excluding carboxylic acids is 1. The fourth-order valence-corrected chi connectivity index (χ4v) is 4.46. The van der Waals surface area contributed by atoms with Gasteiger partial charge < -0.3 is 14.8 Å². The van der Waals surface area contributed by atoms with Gasteiger partial charge in [-0.3, -0.25) is 9.52 Å². The van der Waals surface area contributed by atoms with Crippen molar-refractivity contribution in [2.24, 2.45) is 0 Å². The Morgan fingerprint density at radius 2 is 1.69 bits per heavy atom. The van der Waals surface area contributed by atoms with Crippen LogP contribution in [0.2, 0.25) is 5.02 Å². The number of sulfonamides is 1. The molecule has 0 bridgehead atoms. The molecule has 0 spiro atoms. The molecule has 1 aliphatic heterocycles. The van der Waals surface area contributed by atoms with E-state index in [1.165, 1.54) is 18.2 Å². The lowest BCUT2D eigenvalue weighted by atomic mass is 10.1. The molecule has 32 heavy (non-hydrogen) atoms. The Morgan fingerprint density at radius 3 is 2.44 bits per heavy atom. The zero-order valence-electron chi connectivity index (χ0n) is 17.2. The molecule has 0 saturated carbocycles. The lowest BCUT2D eigenvalue weighted by Crippen LogP contribution is -2.27. The molecule has 1 amide bonds. The van der Waals surface area contributed by atoms with Gasteiger partial charge in [0.25, 0.3) is 15.9 Å². The number of carbonyl (C=O) groups is 1. The van der Waals surface area contributed by atoms with Crippen LogP contribution in [0.25, 0.3) is 0 Å². The van der Waals surface area contributed by atoms with Crippen LogP contribution in [0.3, 0.4) is 0 Å². The first-order chi connectivity index (χ1) is 15.3. The summed E-state index contributed by atoms with van der Waals surface area (Å²) in [6.07, 6.45) is 0. The van der Waals surface area contributed by atoms with Crippen molar-refractivity contribution < 1.29 is 22.7 Å². The van der Waals surface area contributed by atoms with Gasteiger partial charge in [0.15, 0.2) is 11.5 Å². The Balaban J connectivity index is 1.48. The molecule has 4 rings (SSSR count). The topological polar surface area (TPSA) is 93.7 Å². The predicted octanol–water partition coefficient (Wildman–Crippen LogP) is 4.40. The van der Waals surface area contributed by atoms with E-state index in [-0.39, 0.29) is 16.5 Å². The molecule has 1 atom stereocenters. The second-order valence-electron chi connectivity index (χ2n) is 7.24. The second kappa shape index (κ2) is 9.10. The molecule has 1 heterocycles. The van der Waals surface area contributed by atoms with Crippen LogP contribution >= 0.6 is 11.6 Å². The van der Waals surface area contributed by atoms with Crippen molar-refractivity contribution in [1.29, 1.82) is 0 Å². The summed E-state index contributed by atoms with van der Waals surface area (Å²) in [5, 5.41) is 3.39. The van der Waals surface area contributed by atoms with E-state index in [1.54, 1.807) is 30.3 Å². The quantitative estimate of drug-likeness (QED) is 0.554. The first-order valence-electron chi connectivity index (χ1n) is 9.91. The minimum atomic E-state index is -3.88. The van der Waals surface area contributed by atoms with Crippen molar-refractivity contribution in [3.8, 4) is 11.5 Å². The molecule has 0 saturated heterocycles. The van der Waals surface area contributed by atoms with Crippen LogP contribution in [0, 0.1) is 0 Å². The average molecular weight is 473 g/mol. The Labute approximate surface area is 191 Å². The molecular formula is C23H21ClN2O5S. The van der Waals surface area contributed by atoms with Crippen LogP contribution in [0.1, 0.15) is 28.9 Å². The first-order valence-corrected chi connectivity index (χ1v) is 11.8. The minimum Gasteiger partial charge on any atom is -0.486 e. The summed E-state index contributed by atoms with van der Waals surface area (Å²) in [4.78, 5) is 12.8. The third kappa shape index (κ3) is 4.98. The van der Waals surface area contributed by atoms with E-state index in [1.807, 2.05) is 25.1 Å². The minimum absolute atomic E-state index is 0.0212. The highest BCUT2D eigenvalue weighted by atomic mass is 35.5. The summed E-state index contributed by atoms with van der Waals surface area (Å²) in [7, 11) is -3.88. The van der Waals surface area contributed by atoms with Crippen molar-refractivity contribution in [3.05, 3.63) is 82.9 Å². The molecule has 1 aliphatic rings. The van der Waals surface area contributed by atoms with Gasteiger partial charge in [0.05, 0.1) is 10.9 Å². The summed E-state index contributed by atoms with van der Waals surface area (Å²) in [5.41, 5.74) is 1.45. The van der Waals surface area contributed by atoms with Crippen molar-refractivity contribution in [2.75, 3.05) is 17.9 Å². The van der Waals surface area contributed by atoms with E-state index < -0.39 is 15.9 Å². The van der Waals surface area contributed by atoms with Crippen LogP contribution in [0.4, 0.5) is 5.69 Å². The summed E-state index contributed by atoms with van der Waals surface area (Å²) in [6, 6.07) is 17.3. The van der Waals surface area contributed by atoms with Gasteiger partial charge in [-0.15, -0.1) is 0 Å². The van der Waals surface area contributed by atoms with Crippen LogP contribution in [0.15, 0.2) is 71.6 Å². The fourth-order valence-electron chi connectivity index (χ4n) is 3.23. The van der Waals surface area contributed by atoms with E-state index >= 15 is 0 Å². The number of halogens is 1. The molecule has 9 heteroatoms. The maximum Gasteiger partial charge on any atom is 0.261 e. The summed E-state index contributed by atoms with van der Waals surface area (Å²) < 4.78 is 39.1. The Bertz CT molecular complexity index is 1250. The SMILES string of the molecule is C[C@H](NC(=O)c1cccc(S(=O)(=O)Nc2ccc(Cl)cc2)c1)c1ccc2c(c1)OCCO2. The van der Waals surface area contributed by atoms with Crippen molar-refractivity contribution >= 4 is 33.2 Å². The number of amides is 1. The smallest absolute Gasteiger partial charge is 0.261 e. The Kier molecular flexibility index (Phi) is 6.25. The molecule has 3 aromatic carbocycles. The monoisotopic (exact) mass is 472 g/mol. The summed E-state index contributed by atoms with van der Waals surface area (Å²) in [5.74, 6) is 0.914. The van der Waals surface area contributed by atoms with Gasteiger partial charge >= 0.3 is 0 Å². The van der Waals surface area contributed by atoms with Crippen LogP contribution in [-0.4, -0.2) is 27.5 Å². The van der Waals surface area contributed by atoms with E-state index in [4.69, 9.17) is 21.1 Å². The second-order valence-corrected chi connectivity index (χ2v) is 9.36. The van der Waals surface area contributed by atoms with Gasteiger partial charge in [-0.1, -0.05) is 23.7 Å². The third-order valence-electron chi connectivity index (χ3n) is 4.92. The van der Waals surface area contributed by atoms with Crippen LogP contribution in [0.5, 0.6) is 11.5 Å². The predicted molar refractivity (Wildman–Crippen MR) is 122 cm³/mol. The maximum absolute atomic E-state index is 12.8. The average Bonchev–Trinajstić information content (AvgIpc) is 2.80. The van der Waals surface area contributed by atoms with Gasteiger partial charge in [-0.25, -0.2) is 8.42 Å². The Hall–Kier alpha value is -3.23. The lowest BCUT2D eigenvalue weighted by molar-refractivity contribution is 0.0939. The molecule has 0 aromatic heterocycles. The standard InChI is InChI=1S/C23H21ClN2O5S/c1-15(16-5-10-21-22(14-16)31-12-11-30-21)25-23(27)17-3-2-4-20(13-17)32(28,29)26-19-8-6-18(24)7-9-19/h2-10,13-15,26H,11-12H2,1H3,(H,25,27)/t15-/m0/s1. The zero-order chi connectivity index (χ0) is 22.7. The lowest BCUT2D eigenvalue weighted by Gasteiger charge is -2.21. The van der Waals surface area contributed by atoms with Crippen molar-refractivity contribution in [1.82, 2.24) is 5.32 Å². The van der Waals surface area contributed by atoms with Gasteiger partial charge in [-0.2, -0.15) is 0 Å². The number of rotatable bonds is 6. The number of hydrogen-bond acceptors (Lipinski definition) is 5. The molecule has 166 valence electrons. The van der Waals surface area contributed by atoms with Gasteiger partial charge in [0.2, 0.25) is 0 Å². The zero-order valence-corrected chi connectivity index (χ0v) is 18.7. The van der Waals surface area contributed by atoms with Gasteiger partial charge in [0, 0.05) is 16.3 Å². The molecule has 0 fully saturated rings. The molecule has 7 nitrogen and oxygen atoms in total. The third-order valence-corrected chi connectivity index (χ3v) is 6.55. The molecular weight excluding hydrogens is 452 g/mol. The summed E-state index contributed by atoms with van der Waals surface area (Å²) >= 11 is 5.84. The molecule has 0 aliphatic carbocycles. The van der Waals surface area contributed by atoms with Crippen molar-refractivity contribution in [2.45, 2.75) is 17.9 Å². The van der Waals surface area contributed by atoms with Gasteiger partial charge in [-0.05, 0) is 67.1 Å². The number of nitrogens with one attached hydrogen (secondary N) is 2. The molecule has 3 aromatic rings. The highest BCUT2D eigenvalue weighted by Gasteiger charge is 2.19. The fraction of sp³-hybridized carbons (Fsp3) is 0.174. The normalized spacial score (nSPS) is 13.8. The van der Waals surface area contributed by atoms with Crippen molar-refractivity contribution in [3.63, 3.8) is 0 Å². The molecule has 0 radical (unpaired) electrons. The van der Waals surface area contributed by atoms with Crippen LogP contribution in [-0.2, 0) is 10.0 Å². The molecule has 0 unspecified atom stereocenters. The first kappa shape index (κ1) is 22.0. The summed E-state index contributed by atoms with van der Waals surface area (Å²) in [6.45, 7) is 2.82. The van der Waals surface area contributed by atoms with E-state index in [2.05, 4.69) is 10.0 Å². The highest BCUT2D eigenvalue weighted by molar-refractivity contribution is 7.92. The van der Waals surface area contributed by atoms with E-state index in [0.29, 0.717) is 35.4 Å². The van der Waals surface area contributed by atoms with Crippen LogP contribution < -0.4 is 19.5 Å². The highest BCUT2D eigenvalue weighted by Crippen LogP contribution is 2.32. The largest absolute Gasteiger partial charge is 0.486 e. The number of ether oxygens (including phenoxy) is 2. The number of fused-ring (bicyclic) bond motifs is 1. The Morgan fingerprint density at radius 1 is 0.969 bits per heavy atom. The maximum atomic E-state index is 12.8. The number of benzene rings is 3. The van der Waals surface area contributed by atoms with E-state index in [0.717, 1.165) is 5.56 Å². The number of hydrogen-bond donors (Lipinski definition) is 2. The van der Waals surface area contributed by atoms with Gasteiger partial charge in [0.1, 0.15) is 13.2 Å².